The minimum absolute atomic E-state index is 0.0616. The fourth-order valence-corrected chi connectivity index (χ4v) is 2.52. The molecule has 1 heterocycles. The number of carbonyl (C=O) groups excluding carboxylic acids is 1. The first-order valence-corrected chi connectivity index (χ1v) is 6.41. The predicted octanol–water partition coefficient (Wildman–Crippen LogP) is 1.43. The first-order chi connectivity index (χ1) is 9.03. The maximum absolute atomic E-state index is 12.4. The number of aliphatic hydroxyl groups is 2. The van der Waals surface area contributed by atoms with Crippen molar-refractivity contribution in [2.45, 2.75) is 18.9 Å². The number of rotatable bonds is 4. The summed E-state index contributed by atoms with van der Waals surface area (Å²) < 4.78 is 0. The lowest BCUT2D eigenvalue weighted by Crippen LogP contribution is -2.43. The SMILES string of the molecule is C[C@@H](/C=C/CCO)[C@]1(O)C(=O)N(C)c2ccccc21. The van der Waals surface area contributed by atoms with Crippen molar-refractivity contribution in [2.24, 2.45) is 5.92 Å². The Morgan fingerprint density at radius 1 is 1.42 bits per heavy atom. The molecule has 102 valence electrons. The third-order valence-corrected chi connectivity index (χ3v) is 3.69. The van der Waals surface area contributed by atoms with E-state index in [1.807, 2.05) is 25.1 Å². The predicted molar refractivity (Wildman–Crippen MR) is 73.8 cm³/mol. The van der Waals surface area contributed by atoms with Crippen LogP contribution in [0.1, 0.15) is 18.9 Å². The number of benzene rings is 1. The fourth-order valence-electron chi connectivity index (χ4n) is 2.52. The molecule has 0 radical (unpaired) electrons. The van der Waals surface area contributed by atoms with Gasteiger partial charge in [0.25, 0.3) is 5.91 Å². The van der Waals surface area contributed by atoms with Crippen LogP contribution >= 0.6 is 0 Å². The highest BCUT2D eigenvalue weighted by atomic mass is 16.3. The molecule has 0 aromatic heterocycles. The van der Waals surface area contributed by atoms with Crippen LogP contribution in [0.2, 0.25) is 0 Å². The lowest BCUT2D eigenvalue weighted by Gasteiger charge is -2.26. The lowest BCUT2D eigenvalue weighted by molar-refractivity contribution is -0.139. The average Bonchev–Trinajstić information content (AvgIpc) is 2.63. The van der Waals surface area contributed by atoms with Crippen LogP contribution in [-0.4, -0.2) is 29.8 Å². The van der Waals surface area contributed by atoms with E-state index in [1.54, 1.807) is 25.3 Å². The molecule has 1 aromatic carbocycles. The van der Waals surface area contributed by atoms with Gasteiger partial charge in [-0.3, -0.25) is 4.79 Å². The second-order valence-corrected chi connectivity index (χ2v) is 4.88. The van der Waals surface area contributed by atoms with E-state index in [1.165, 1.54) is 4.90 Å². The van der Waals surface area contributed by atoms with Gasteiger partial charge in [0.2, 0.25) is 0 Å². The lowest BCUT2D eigenvalue weighted by atomic mass is 9.83. The van der Waals surface area contributed by atoms with Crippen molar-refractivity contribution in [3.63, 3.8) is 0 Å². The number of anilines is 1. The third-order valence-electron chi connectivity index (χ3n) is 3.69. The summed E-state index contributed by atoms with van der Waals surface area (Å²) in [5.41, 5.74) is -0.127. The highest BCUT2D eigenvalue weighted by Crippen LogP contribution is 2.44. The van der Waals surface area contributed by atoms with Crippen LogP contribution in [0.3, 0.4) is 0 Å². The molecule has 0 aliphatic carbocycles. The van der Waals surface area contributed by atoms with Gasteiger partial charge in [-0.25, -0.2) is 0 Å². The van der Waals surface area contributed by atoms with Gasteiger partial charge in [0, 0.05) is 25.1 Å². The summed E-state index contributed by atoms with van der Waals surface area (Å²) in [5, 5.41) is 19.6. The first-order valence-electron chi connectivity index (χ1n) is 6.41. The van der Waals surface area contributed by atoms with Gasteiger partial charge in [0.1, 0.15) is 0 Å². The van der Waals surface area contributed by atoms with E-state index < -0.39 is 5.60 Å². The van der Waals surface area contributed by atoms with Gasteiger partial charge < -0.3 is 15.1 Å². The molecule has 19 heavy (non-hydrogen) atoms. The Hall–Kier alpha value is -1.65. The molecular formula is C15H19NO3. The van der Waals surface area contributed by atoms with E-state index in [0.717, 1.165) is 5.69 Å². The topological polar surface area (TPSA) is 60.8 Å². The van der Waals surface area contributed by atoms with Crippen molar-refractivity contribution in [2.75, 3.05) is 18.6 Å². The second kappa shape index (κ2) is 5.15. The van der Waals surface area contributed by atoms with E-state index in [0.29, 0.717) is 12.0 Å². The molecule has 0 saturated carbocycles. The summed E-state index contributed by atoms with van der Waals surface area (Å²) in [5.74, 6) is -0.660. The maximum atomic E-state index is 12.4. The summed E-state index contributed by atoms with van der Waals surface area (Å²) >= 11 is 0. The van der Waals surface area contributed by atoms with Crippen molar-refractivity contribution in [3.05, 3.63) is 42.0 Å². The summed E-state index contributed by atoms with van der Waals surface area (Å²) in [4.78, 5) is 13.8. The van der Waals surface area contributed by atoms with Gasteiger partial charge in [-0.05, 0) is 12.5 Å². The van der Waals surface area contributed by atoms with Crippen molar-refractivity contribution in [1.82, 2.24) is 0 Å². The molecule has 1 aliphatic rings. The Kier molecular flexibility index (Phi) is 3.73. The largest absolute Gasteiger partial charge is 0.396 e. The zero-order chi connectivity index (χ0) is 14.0. The standard InChI is InChI=1S/C15H19NO3/c1-11(7-5-6-10-17)15(19)12-8-3-4-9-13(12)16(2)14(15)18/h3-5,7-9,11,17,19H,6,10H2,1-2H3/b7-5+/t11-,15+/m0/s1. The Morgan fingerprint density at radius 3 is 2.79 bits per heavy atom. The highest BCUT2D eigenvalue weighted by molar-refractivity contribution is 6.06. The quantitative estimate of drug-likeness (QED) is 0.806. The maximum Gasteiger partial charge on any atom is 0.264 e. The summed E-state index contributed by atoms with van der Waals surface area (Å²) in [6, 6.07) is 7.28. The molecule has 1 aromatic rings. The number of hydrogen-bond donors (Lipinski definition) is 2. The fraction of sp³-hybridized carbons (Fsp3) is 0.400. The monoisotopic (exact) mass is 261 g/mol. The molecule has 2 atom stereocenters. The minimum Gasteiger partial charge on any atom is -0.396 e. The summed E-state index contributed by atoms with van der Waals surface area (Å²) in [7, 11) is 1.67. The van der Waals surface area contributed by atoms with Crippen LogP contribution in [0.4, 0.5) is 5.69 Å². The van der Waals surface area contributed by atoms with Crippen LogP contribution in [-0.2, 0) is 10.4 Å². The number of para-hydroxylation sites is 1. The highest BCUT2D eigenvalue weighted by Gasteiger charge is 2.51. The Balaban J connectivity index is 2.40. The number of carbonyl (C=O) groups is 1. The average molecular weight is 261 g/mol. The molecule has 0 fully saturated rings. The summed E-state index contributed by atoms with van der Waals surface area (Å²) in [6.45, 7) is 1.87. The second-order valence-electron chi connectivity index (χ2n) is 4.88. The van der Waals surface area contributed by atoms with Crippen molar-refractivity contribution >= 4 is 11.6 Å². The Bertz CT molecular complexity index is 512. The van der Waals surface area contributed by atoms with Crippen LogP contribution in [0, 0.1) is 5.92 Å². The molecule has 1 aliphatic heterocycles. The van der Waals surface area contributed by atoms with Gasteiger partial charge in [0.05, 0.1) is 5.69 Å². The number of fused-ring (bicyclic) bond motifs is 1. The Morgan fingerprint density at radius 2 is 2.11 bits per heavy atom. The van der Waals surface area contributed by atoms with Crippen molar-refractivity contribution < 1.29 is 15.0 Å². The molecule has 2 rings (SSSR count). The third kappa shape index (κ3) is 2.07. The van der Waals surface area contributed by atoms with E-state index in [-0.39, 0.29) is 18.4 Å². The number of aliphatic hydroxyl groups excluding tert-OH is 1. The molecule has 4 nitrogen and oxygen atoms in total. The molecule has 0 saturated heterocycles. The van der Waals surface area contributed by atoms with Crippen LogP contribution in [0.5, 0.6) is 0 Å². The van der Waals surface area contributed by atoms with Crippen LogP contribution < -0.4 is 4.90 Å². The van der Waals surface area contributed by atoms with Gasteiger partial charge in [-0.2, -0.15) is 0 Å². The summed E-state index contributed by atoms with van der Waals surface area (Å²) in [6.07, 6.45) is 4.09. The van der Waals surface area contributed by atoms with E-state index >= 15 is 0 Å². The number of hydrogen-bond acceptors (Lipinski definition) is 3. The van der Waals surface area contributed by atoms with Gasteiger partial charge in [-0.15, -0.1) is 0 Å². The number of likely N-dealkylation sites (N-methyl/N-ethyl adjacent to an activating group) is 1. The van der Waals surface area contributed by atoms with Crippen LogP contribution in [0.25, 0.3) is 0 Å². The minimum atomic E-state index is -1.52. The van der Waals surface area contributed by atoms with E-state index in [9.17, 15) is 9.90 Å². The van der Waals surface area contributed by atoms with E-state index in [4.69, 9.17) is 5.11 Å². The van der Waals surface area contributed by atoms with Gasteiger partial charge in [-0.1, -0.05) is 37.3 Å². The van der Waals surface area contributed by atoms with Gasteiger partial charge >= 0.3 is 0 Å². The van der Waals surface area contributed by atoms with Gasteiger partial charge in [0.15, 0.2) is 5.60 Å². The molecule has 0 unspecified atom stereocenters. The molecule has 0 spiro atoms. The Labute approximate surface area is 113 Å². The number of amides is 1. The molecule has 4 heteroatoms. The zero-order valence-electron chi connectivity index (χ0n) is 11.2. The first kappa shape index (κ1) is 13.8. The molecule has 1 amide bonds. The smallest absolute Gasteiger partial charge is 0.264 e. The van der Waals surface area contributed by atoms with Crippen molar-refractivity contribution in [3.8, 4) is 0 Å². The molecule has 0 bridgehead atoms. The van der Waals surface area contributed by atoms with Crippen molar-refractivity contribution in [1.29, 1.82) is 0 Å². The molecule has 2 N–H and O–H groups in total. The van der Waals surface area contributed by atoms with Crippen LogP contribution in [0.15, 0.2) is 36.4 Å². The number of nitrogens with zero attached hydrogens (tertiary/aromatic N) is 1. The normalized spacial score (nSPS) is 24.0. The molecular weight excluding hydrogens is 242 g/mol. The zero-order valence-corrected chi connectivity index (χ0v) is 11.2. The van der Waals surface area contributed by atoms with E-state index in [2.05, 4.69) is 0 Å².